The van der Waals surface area contributed by atoms with Crippen molar-refractivity contribution in [2.24, 2.45) is 5.92 Å². The summed E-state index contributed by atoms with van der Waals surface area (Å²) in [5.41, 5.74) is -0.706. The summed E-state index contributed by atoms with van der Waals surface area (Å²) in [5, 5.41) is 21.8. The van der Waals surface area contributed by atoms with E-state index in [0.29, 0.717) is 13.0 Å². The largest absolute Gasteiger partial charge is 0.388 e. The number of carbonyl (C=O) groups excluding carboxylic acids is 1. The monoisotopic (exact) mass is 361 g/mol. The number of rotatable bonds is 1. The Morgan fingerprint density at radius 2 is 2.23 bits per heavy atom. The zero-order valence-electron chi connectivity index (χ0n) is 15.0. The number of phenols is 1. The third-order valence-corrected chi connectivity index (χ3v) is 4.45. The van der Waals surface area contributed by atoms with Crippen LogP contribution in [0.15, 0.2) is 18.2 Å². The average Bonchev–Trinajstić information content (AvgIpc) is 2.62. The molecule has 7 nitrogen and oxygen atoms in total. The SMILES string of the molecule is CN1C(=O)C2CCOCC2(c2cc(O)ccc2F)NC1=BC#N.COC. The van der Waals surface area contributed by atoms with Crippen LogP contribution in [0.4, 0.5) is 4.39 Å². The van der Waals surface area contributed by atoms with Gasteiger partial charge in [0.25, 0.3) is 0 Å². The van der Waals surface area contributed by atoms with Crippen molar-refractivity contribution >= 4 is 18.5 Å². The number of hydrogen-bond acceptors (Lipinski definition) is 6. The molecule has 9 heteroatoms. The number of nitrogens with zero attached hydrogens (tertiary/aromatic N) is 2. The van der Waals surface area contributed by atoms with E-state index in [9.17, 15) is 14.3 Å². The van der Waals surface area contributed by atoms with Gasteiger partial charge in [-0.3, -0.25) is 0 Å². The molecule has 2 saturated heterocycles. The number of fused-ring (bicyclic) bond motifs is 1. The molecule has 2 aliphatic rings. The molecule has 2 aliphatic heterocycles. The number of aromatic hydroxyl groups is 1. The Balaban J connectivity index is 0.000000758. The fourth-order valence-electron chi connectivity index (χ4n) is 3.29. The van der Waals surface area contributed by atoms with E-state index < -0.39 is 17.3 Å². The first kappa shape index (κ1) is 19.9. The Morgan fingerprint density at radius 3 is 2.88 bits per heavy atom. The van der Waals surface area contributed by atoms with Crippen molar-refractivity contribution in [3.8, 4) is 11.7 Å². The molecule has 2 N–H and O–H groups in total. The Bertz CT molecular complexity index is 752. The summed E-state index contributed by atoms with van der Waals surface area (Å²) in [6.45, 7) is 1.66. The topological polar surface area (TPSA) is 94.8 Å². The third-order valence-electron chi connectivity index (χ3n) is 4.45. The number of phenolic OH excluding ortho intramolecular Hbond substituents is 1. The summed E-state index contributed by atoms with van der Waals surface area (Å²) in [6, 6.07) is 3.70. The number of hydrogen-bond donors (Lipinski definition) is 2. The zero-order chi connectivity index (χ0) is 19.3. The maximum Gasteiger partial charge on any atom is 0.0351 e. The van der Waals surface area contributed by atoms with E-state index in [2.05, 4.69) is 10.1 Å². The summed E-state index contributed by atoms with van der Waals surface area (Å²) in [7, 11) is 4.82. The maximum atomic E-state index is 14.4. The second-order valence-electron chi connectivity index (χ2n) is 6.12. The number of methoxy groups -OCH3 is 1. The number of carbonyl (C=O) groups is 1. The fourth-order valence-corrected chi connectivity index (χ4v) is 3.29. The number of amides is 1. The maximum absolute atomic E-state index is 14.4. The Hall–Kier alpha value is -2.44. The van der Waals surface area contributed by atoms with Gasteiger partial charge < -0.3 is 4.74 Å². The van der Waals surface area contributed by atoms with E-state index >= 15 is 0 Å². The molecule has 0 spiro atoms. The van der Waals surface area contributed by atoms with Gasteiger partial charge in [-0.1, -0.05) is 0 Å². The van der Waals surface area contributed by atoms with Crippen LogP contribution < -0.4 is 5.32 Å². The normalized spacial score (nSPS) is 26.0. The number of ether oxygens (including phenoxy) is 2. The first-order chi connectivity index (χ1) is 12.4. The van der Waals surface area contributed by atoms with Crippen LogP contribution in [0.1, 0.15) is 12.0 Å². The van der Waals surface area contributed by atoms with E-state index in [1.165, 1.54) is 24.0 Å². The van der Waals surface area contributed by atoms with Crippen LogP contribution in [-0.2, 0) is 19.8 Å². The molecule has 2 atom stereocenters. The van der Waals surface area contributed by atoms with Crippen LogP contribution in [0.3, 0.4) is 0 Å². The van der Waals surface area contributed by atoms with Crippen molar-refractivity contribution in [3.63, 3.8) is 0 Å². The molecule has 2 unspecified atom stereocenters. The molecule has 0 bridgehead atoms. The summed E-state index contributed by atoms with van der Waals surface area (Å²) in [4.78, 5) is 14.1. The van der Waals surface area contributed by atoms with Crippen LogP contribution >= 0.6 is 0 Å². The van der Waals surface area contributed by atoms with Gasteiger partial charge in [0.05, 0.1) is 0 Å². The number of benzene rings is 1. The van der Waals surface area contributed by atoms with E-state index in [1.807, 2.05) is 5.97 Å². The summed E-state index contributed by atoms with van der Waals surface area (Å²) in [6.07, 6.45) is 0.422. The Kier molecular flexibility index (Phi) is 6.34. The summed E-state index contributed by atoms with van der Waals surface area (Å²) in [5.74, 6) is 0.476. The molecule has 0 aromatic heterocycles. The first-order valence-electron chi connectivity index (χ1n) is 8.03. The summed E-state index contributed by atoms with van der Waals surface area (Å²) < 4.78 is 24.2. The van der Waals surface area contributed by atoms with Gasteiger partial charge in [-0.15, -0.1) is 0 Å². The van der Waals surface area contributed by atoms with E-state index in [1.54, 1.807) is 21.3 Å². The van der Waals surface area contributed by atoms with Crippen LogP contribution in [-0.4, -0.2) is 63.0 Å². The molecule has 1 aromatic carbocycles. The third kappa shape index (κ3) is 3.57. The number of nitriles is 1. The minimum atomic E-state index is -1.15. The molecule has 0 radical (unpaired) electrons. The molecule has 26 heavy (non-hydrogen) atoms. The van der Waals surface area contributed by atoms with Crippen molar-refractivity contribution in [3.05, 3.63) is 29.6 Å². The molecule has 1 amide bonds. The van der Waals surface area contributed by atoms with Crippen LogP contribution in [0.25, 0.3) is 0 Å². The molecule has 2 fully saturated rings. The van der Waals surface area contributed by atoms with Gasteiger partial charge in [0, 0.05) is 14.2 Å². The van der Waals surface area contributed by atoms with E-state index in [0.717, 1.165) is 6.07 Å². The van der Waals surface area contributed by atoms with Crippen molar-refractivity contribution in [1.82, 2.24) is 10.2 Å². The Labute approximate surface area is 152 Å². The van der Waals surface area contributed by atoms with Crippen molar-refractivity contribution in [2.45, 2.75) is 12.0 Å². The summed E-state index contributed by atoms with van der Waals surface area (Å²) >= 11 is 0. The molecular formula is C17H21BFN3O4. The molecule has 138 valence electrons. The van der Waals surface area contributed by atoms with Crippen LogP contribution in [0.5, 0.6) is 5.75 Å². The van der Waals surface area contributed by atoms with Gasteiger partial charge in [-0.25, -0.2) is 0 Å². The van der Waals surface area contributed by atoms with E-state index in [-0.39, 0.29) is 29.5 Å². The zero-order valence-corrected chi connectivity index (χ0v) is 15.0. The quantitative estimate of drug-likeness (QED) is 0.702. The van der Waals surface area contributed by atoms with Crippen molar-refractivity contribution in [1.29, 1.82) is 5.26 Å². The minimum Gasteiger partial charge on any atom is -0.388 e. The van der Waals surface area contributed by atoms with Gasteiger partial charge in [-0.2, -0.15) is 0 Å². The molecule has 0 aliphatic carbocycles. The molecule has 1 aromatic rings. The minimum absolute atomic E-state index is 0.0698. The Morgan fingerprint density at radius 1 is 1.54 bits per heavy atom. The number of halogens is 1. The predicted octanol–water partition coefficient (Wildman–Crippen LogP) is 0.360. The van der Waals surface area contributed by atoms with Gasteiger partial charge >= 0.3 is 132 Å². The molecule has 0 saturated carbocycles. The van der Waals surface area contributed by atoms with Crippen molar-refractivity contribution in [2.75, 3.05) is 34.5 Å². The molecule has 3 rings (SSSR count). The average molecular weight is 361 g/mol. The van der Waals surface area contributed by atoms with Gasteiger partial charge in [0.15, 0.2) is 0 Å². The standard InChI is InChI=1S/C15H15BFN3O3.C2H6O/c1-20-13(22)10-4-5-23-7-15(10,19-14(20)16-8-18)11-6-9(21)2-3-12(11)17;1-3-2/h2-3,6,10,19,21H,4-5,7H2,1H3;1-2H3. The van der Waals surface area contributed by atoms with Crippen LogP contribution in [0.2, 0.25) is 0 Å². The predicted molar refractivity (Wildman–Crippen MR) is 93.9 cm³/mol. The van der Waals surface area contributed by atoms with Gasteiger partial charge in [-0.05, 0) is 0 Å². The molecular weight excluding hydrogens is 340 g/mol. The van der Waals surface area contributed by atoms with Gasteiger partial charge in [0.2, 0.25) is 0 Å². The second kappa shape index (κ2) is 8.30. The van der Waals surface area contributed by atoms with Crippen molar-refractivity contribution < 1.29 is 23.8 Å². The smallest absolute Gasteiger partial charge is 0.0351 e. The number of nitrogens with one attached hydrogen (secondary N) is 1. The van der Waals surface area contributed by atoms with Crippen LogP contribution in [0, 0.1) is 23.0 Å². The molecule has 2 heterocycles. The first-order valence-corrected chi connectivity index (χ1v) is 8.03. The second-order valence-corrected chi connectivity index (χ2v) is 6.12. The van der Waals surface area contributed by atoms with Gasteiger partial charge in [0.1, 0.15) is 0 Å². The van der Waals surface area contributed by atoms with E-state index in [4.69, 9.17) is 10.00 Å². The fraction of sp³-hybridized carbons (Fsp3) is 0.471.